The van der Waals surface area contributed by atoms with Gasteiger partial charge in [0.25, 0.3) is 17.7 Å². The van der Waals surface area contributed by atoms with E-state index < -0.39 is 17.6 Å². The summed E-state index contributed by atoms with van der Waals surface area (Å²) in [4.78, 5) is 49.6. The van der Waals surface area contributed by atoms with E-state index >= 15 is 0 Å². The van der Waals surface area contributed by atoms with Gasteiger partial charge in [0.05, 0.1) is 24.1 Å². The summed E-state index contributed by atoms with van der Waals surface area (Å²) in [6.07, 6.45) is 2.49. The number of nitrogens with one attached hydrogen (secondary N) is 3. The first-order valence-electron chi connectivity index (χ1n) is 10.8. The lowest BCUT2D eigenvalue weighted by molar-refractivity contribution is -0.118. The highest BCUT2D eigenvalue weighted by atomic mass is 19.1. The fourth-order valence-corrected chi connectivity index (χ4v) is 3.59. The standard InChI is InChI=1S/C23H19FN8O4/c1-12-25-5-4-14(29-12)9-27-23(35)18-7-17(31-21-15(24)10-28-32(18)21)22(34)26-8-13-2-3-19-16(6-13)30-20(33)11-36-19/h2-7,10H,8-9,11H2,1H3,(H,26,34)(H,27,35)(H,30,33). The zero-order valence-corrected chi connectivity index (χ0v) is 18.9. The van der Waals surface area contributed by atoms with Crippen molar-refractivity contribution in [3.63, 3.8) is 0 Å². The number of ether oxygens (including phenoxy) is 1. The number of anilines is 1. The van der Waals surface area contributed by atoms with Gasteiger partial charge in [0.2, 0.25) is 0 Å². The van der Waals surface area contributed by atoms with Crippen molar-refractivity contribution in [3.8, 4) is 5.75 Å². The van der Waals surface area contributed by atoms with E-state index in [-0.39, 0.29) is 42.6 Å². The number of amides is 3. The summed E-state index contributed by atoms with van der Waals surface area (Å²) in [5.74, 6) is -1.20. The number of hydrogen-bond donors (Lipinski definition) is 3. The van der Waals surface area contributed by atoms with Crippen molar-refractivity contribution in [2.75, 3.05) is 11.9 Å². The maximum atomic E-state index is 14.3. The molecule has 13 heteroatoms. The quantitative estimate of drug-likeness (QED) is 0.364. The van der Waals surface area contributed by atoms with Crippen LogP contribution in [0, 0.1) is 12.7 Å². The molecule has 4 aromatic rings. The Hall–Kier alpha value is -4.94. The van der Waals surface area contributed by atoms with Gasteiger partial charge < -0.3 is 20.7 Å². The number of benzene rings is 1. The second-order valence-electron chi connectivity index (χ2n) is 7.88. The Balaban J connectivity index is 1.34. The molecule has 3 aromatic heterocycles. The average molecular weight is 490 g/mol. The molecule has 36 heavy (non-hydrogen) atoms. The first-order valence-corrected chi connectivity index (χ1v) is 10.8. The molecule has 0 aliphatic carbocycles. The largest absolute Gasteiger partial charge is 0.482 e. The Morgan fingerprint density at radius 2 is 1.97 bits per heavy atom. The number of aryl methyl sites for hydroxylation is 1. The molecule has 5 rings (SSSR count). The molecular weight excluding hydrogens is 471 g/mol. The molecule has 1 aromatic carbocycles. The minimum Gasteiger partial charge on any atom is -0.482 e. The van der Waals surface area contributed by atoms with E-state index in [9.17, 15) is 18.8 Å². The summed E-state index contributed by atoms with van der Waals surface area (Å²) >= 11 is 0. The third-order valence-corrected chi connectivity index (χ3v) is 5.29. The lowest BCUT2D eigenvalue weighted by atomic mass is 10.1. The molecule has 0 atom stereocenters. The van der Waals surface area contributed by atoms with Crippen molar-refractivity contribution < 1.29 is 23.5 Å². The first kappa shape index (κ1) is 22.8. The predicted octanol–water partition coefficient (Wildman–Crippen LogP) is 1.16. The van der Waals surface area contributed by atoms with Crippen LogP contribution >= 0.6 is 0 Å². The third-order valence-electron chi connectivity index (χ3n) is 5.29. The lowest BCUT2D eigenvalue weighted by Gasteiger charge is -2.18. The molecule has 0 unspecified atom stereocenters. The molecule has 3 amide bonds. The van der Waals surface area contributed by atoms with Crippen LogP contribution in [0.15, 0.2) is 42.7 Å². The van der Waals surface area contributed by atoms with Gasteiger partial charge in [0.1, 0.15) is 23.0 Å². The molecule has 0 fully saturated rings. The predicted molar refractivity (Wildman–Crippen MR) is 123 cm³/mol. The monoisotopic (exact) mass is 490 g/mol. The van der Waals surface area contributed by atoms with E-state index in [0.717, 1.165) is 10.7 Å². The molecule has 182 valence electrons. The van der Waals surface area contributed by atoms with Gasteiger partial charge in [-0.15, -0.1) is 0 Å². The van der Waals surface area contributed by atoms with Gasteiger partial charge in [-0.1, -0.05) is 6.07 Å². The Morgan fingerprint density at radius 1 is 1.14 bits per heavy atom. The van der Waals surface area contributed by atoms with Crippen LogP contribution in [0.2, 0.25) is 0 Å². The minimum atomic E-state index is -0.782. The second-order valence-corrected chi connectivity index (χ2v) is 7.88. The van der Waals surface area contributed by atoms with Gasteiger partial charge in [-0.25, -0.2) is 23.9 Å². The fourth-order valence-electron chi connectivity index (χ4n) is 3.59. The van der Waals surface area contributed by atoms with Crippen LogP contribution in [0.25, 0.3) is 5.65 Å². The number of halogens is 1. The highest BCUT2D eigenvalue weighted by Crippen LogP contribution is 2.28. The van der Waals surface area contributed by atoms with Crippen LogP contribution in [0.3, 0.4) is 0 Å². The van der Waals surface area contributed by atoms with Crippen LogP contribution < -0.4 is 20.7 Å². The van der Waals surface area contributed by atoms with Gasteiger partial charge >= 0.3 is 0 Å². The van der Waals surface area contributed by atoms with E-state index in [4.69, 9.17) is 4.74 Å². The van der Waals surface area contributed by atoms with Gasteiger partial charge in [0.15, 0.2) is 18.1 Å². The minimum absolute atomic E-state index is 0.0585. The molecule has 4 heterocycles. The van der Waals surface area contributed by atoms with Gasteiger partial charge in [0, 0.05) is 18.8 Å². The summed E-state index contributed by atoms with van der Waals surface area (Å²) in [6, 6.07) is 7.98. The molecule has 12 nitrogen and oxygen atoms in total. The van der Waals surface area contributed by atoms with E-state index in [0.29, 0.717) is 28.5 Å². The molecule has 0 saturated carbocycles. The van der Waals surface area contributed by atoms with Crippen molar-refractivity contribution >= 4 is 29.1 Å². The SMILES string of the molecule is Cc1nccc(CNC(=O)c2cc(C(=O)NCc3ccc4c(c3)NC(=O)CO4)nc3c(F)cnn23)n1. The number of aromatic nitrogens is 5. The molecule has 1 aliphatic rings. The molecule has 0 radical (unpaired) electrons. The van der Waals surface area contributed by atoms with Crippen LogP contribution in [-0.2, 0) is 17.9 Å². The van der Waals surface area contributed by atoms with Crippen molar-refractivity contribution in [2.24, 2.45) is 0 Å². The summed E-state index contributed by atoms with van der Waals surface area (Å²) in [5.41, 5.74) is 1.25. The zero-order chi connectivity index (χ0) is 25.2. The molecule has 0 spiro atoms. The third kappa shape index (κ3) is 4.66. The molecule has 0 saturated heterocycles. The molecular formula is C23H19FN8O4. The Kier molecular flexibility index (Phi) is 5.94. The number of nitrogens with zero attached hydrogens (tertiary/aromatic N) is 5. The van der Waals surface area contributed by atoms with Crippen LogP contribution in [0.1, 0.15) is 38.1 Å². The van der Waals surface area contributed by atoms with Gasteiger partial charge in [-0.05, 0) is 30.7 Å². The number of rotatable bonds is 6. The second kappa shape index (κ2) is 9.37. The smallest absolute Gasteiger partial charge is 0.270 e. The summed E-state index contributed by atoms with van der Waals surface area (Å²) in [7, 11) is 0. The topological polar surface area (TPSA) is 152 Å². The summed E-state index contributed by atoms with van der Waals surface area (Å²) in [5, 5.41) is 11.9. The molecule has 0 bridgehead atoms. The van der Waals surface area contributed by atoms with E-state index in [1.54, 1.807) is 37.4 Å². The maximum Gasteiger partial charge on any atom is 0.270 e. The summed E-state index contributed by atoms with van der Waals surface area (Å²) in [6.45, 7) is 1.85. The summed E-state index contributed by atoms with van der Waals surface area (Å²) < 4.78 is 20.6. The fraction of sp³-hybridized carbons (Fsp3) is 0.174. The molecule has 1 aliphatic heterocycles. The zero-order valence-electron chi connectivity index (χ0n) is 18.9. The maximum absolute atomic E-state index is 14.3. The first-order chi connectivity index (χ1) is 17.4. The van der Waals surface area contributed by atoms with Gasteiger partial charge in [-0.2, -0.15) is 5.10 Å². The Bertz CT molecular complexity index is 1520. The van der Waals surface area contributed by atoms with E-state index in [1.165, 1.54) is 6.07 Å². The number of carbonyl (C=O) groups excluding carboxylic acids is 3. The lowest BCUT2D eigenvalue weighted by Crippen LogP contribution is -2.29. The number of hydrogen-bond acceptors (Lipinski definition) is 8. The highest BCUT2D eigenvalue weighted by Gasteiger charge is 2.21. The van der Waals surface area contributed by atoms with E-state index in [1.807, 2.05) is 0 Å². The Labute approximate surface area is 202 Å². The highest BCUT2D eigenvalue weighted by molar-refractivity contribution is 5.98. The van der Waals surface area contributed by atoms with Crippen molar-refractivity contribution in [1.82, 2.24) is 35.2 Å². The number of carbonyl (C=O) groups is 3. The van der Waals surface area contributed by atoms with Crippen molar-refractivity contribution in [1.29, 1.82) is 0 Å². The van der Waals surface area contributed by atoms with Crippen molar-refractivity contribution in [3.05, 3.63) is 77.0 Å². The number of fused-ring (bicyclic) bond motifs is 2. The van der Waals surface area contributed by atoms with Crippen LogP contribution in [0.4, 0.5) is 10.1 Å². The van der Waals surface area contributed by atoms with E-state index in [2.05, 4.69) is 36.0 Å². The Morgan fingerprint density at radius 3 is 2.81 bits per heavy atom. The van der Waals surface area contributed by atoms with Crippen LogP contribution in [0.5, 0.6) is 5.75 Å². The van der Waals surface area contributed by atoms with Gasteiger partial charge in [-0.3, -0.25) is 14.4 Å². The van der Waals surface area contributed by atoms with Crippen LogP contribution in [-0.4, -0.2) is 48.9 Å². The normalized spacial score (nSPS) is 12.4. The average Bonchev–Trinajstić information content (AvgIpc) is 3.25. The molecule has 3 N–H and O–H groups in total. The van der Waals surface area contributed by atoms with Crippen molar-refractivity contribution in [2.45, 2.75) is 20.0 Å².